The summed E-state index contributed by atoms with van der Waals surface area (Å²) < 4.78 is 0. The summed E-state index contributed by atoms with van der Waals surface area (Å²) >= 11 is 0. The van der Waals surface area contributed by atoms with E-state index in [2.05, 4.69) is 16.0 Å². The van der Waals surface area contributed by atoms with E-state index >= 15 is 0 Å². The molecule has 0 radical (unpaired) electrons. The molecule has 96 valence electrons. The molecule has 1 heterocycles. The van der Waals surface area contributed by atoms with E-state index in [4.69, 9.17) is 5.26 Å². The molecule has 0 atom stereocenters. The topological polar surface area (TPSA) is 72.8 Å². The maximum Gasteiger partial charge on any atom is 0.254 e. The lowest BCUT2D eigenvalue weighted by Crippen LogP contribution is -2.33. The van der Waals surface area contributed by atoms with Crippen LogP contribution in [0.3, 0.4) is 0 Å². The van der Waals surface area contributed by atoms with E-state index in [1.807, 2.05) is 17.0 Å². The fourth-order valence-corrected chi connectivity index (χ4v) is 2.24. The summed E-state index contributed by atoms with van der Waals surface area (Å²) in [4.78, 5) is 21.4. The Bertz CT molecular complexity index is 651. The van der Waals surface area contributed by atoms with Crippen molar-refractivity contribution >= 4 is 16.9 Å². The van der Waals surface area contributed by atoms with Crippen molar-refractivity contribution < 1.29 is 4.79 Å². The van der Waals surface area contributed by atoms with Crippen LogP contribution in [0.25, 0.3) is 11.0 Å². The van der Waals surface area contributed by atoms with Gasteiger partial charge in [-0.15, -0.1) is 0 Å². The molecule has 1 fully saturated rings. The summed E-state index contributed by atoms with van der Waals surface area (Å²) in [7, 11) is 0. The molecular weight excluding hydrogens is 240 g/mol. The Morgan fingerprint density at radius 3 is 3.11 bits per heavy atom. The molecule has 0 aliphatic heterocycles. The zero-order valence-electron chi connectivity index (χ0n) is 10.5. The molecular formula is C14H14N4O. The average molecular weight is 254 g/mol. The summed E-state index contributed by atoms with van der Waals surface area (Å²) in [6.07, 6.45) is 4.09. The van der Waals surface area contributed by atoms with E-state index in [9.17, 15) is 4.79 Å². The molecule has 5 heteroatoms. The fraction of sp³-hybridized carbons (Fsp3) is 0.357. The van der Waals surface area contributed by atoms with E-state index in [1.54, 1.807) is 12.4 Å². The minimum absolute atomic E-state index is 0.00856. The maximum atomic E-state index is 12.5. The van der Waals surface area contributed by atoms with Crippen LogP contribution in [0.15, 0.2) is 24.5 Å². The molecule has 1 aliphatic carbocycles. The van der Waals surface area contributed by atoms with Crippen LogP contribution in [0.2, 0.25) is 0 Å². The van der Waals surface area contributed by atoms with Crippen molar-refractivity contribution in [1.29, 1.82) is 5.26 Å². The molecule has 1 aromatic heterocycles. The summed E-state index contributed by atoms with van der Waals surface area (Å²) in [5.41, 5.74) is 2.37. The van der Waals surface area contributed by atoms with Crippen LogP contribution in [0, 0.1) is 11.3 Å². The Hall–Kier alpha value is -2.35. The number of hydrogen-bond donors (Lipinski definition) is 1. The van der Waals surface area contributed by atoms with Crippen LogP contribution in [0.4, 0.5) is 0 Å². The van der Waals surface area contributed by atoms with Crippen molar-refractivity contribution in [2.45, 2.75) is 25.3 Å². The van der Waals surface area contributed by atoms with Gasteiger partial charge in [0, 0.05) is 18.2 Å². The van der Waals surface area contributed by atoms with E-state index in [-0.39, 0.29) is 5.91 Å². The van der Waals surface area contributed by atoms with Crippen LogP contribution < -0.4 is 0 Å². The Morgan fingerprint density at radius 1 is 1.53 bits per heavy atom. The lowest BCUT2D eigenvalue weighted by Gasteiger charge is -2.21. The van der Waals surface area contributed by atoms with Crippen LogP contribution in [0.1, 0.15) is 29.6 Å². The van der Waals surface area contributed by atoms with Gasteiger partial charge in [0.1, 0.15) is 0 Å². The van der Waals surface area contributed by atoms with Gasteiger partial charge in [0.2, 0.25) is 0 Å². The first-order valence-electron chi connectivity index (χ1n) is 6.40. The van der Waals surface area contributed by atoms with E-state index in [0.717, 1.165) is 23.9 Å². The van der Waals surface area contributed by atoms with Crippen molar-refractivity contribution in [3.63, 3.8) is 0 Å². The van der Waals surface area contributed by atoms with Gasteiger partial charge in [0.05, 0.1) is 29.9 Å². The monoisotopic (exact) mass is 254 g/mol. The molecule has 1 amide bonds. The van der Waals surface area contributed by atoms with E-state index < -0.39 is 0 Å². The lowest BCUT2D eigenvalue weighted by molar-refractivity contribution is 0.0747. The number of nitriles is 1. The molecule has 2 aromatic rings. The molecule has 1 aliphatic rings. The third kappa shape index (κ3) is 2.29. The van der Waals surface area contributed by atoms with Crippen molar-refractivity contribution in [2.75, 3.05) is 6.54 Å². The van der Waals surface area contributed by atoms with Gasteiger partial charge in [0.25, 0.3) is 5.91 Å². The Balaban J connectivity index is 1.86. The molecule has 1 aromatic carbocycles. The third-order valence-electron chi connectivity index (χ3n) is 3.38. The first kappa shape index (κ1) is 11.7. The summed E-state index contributed by atoms with van der Waals surface area (Å²) in [5, 5.41) is 8.68. The molecule has 5 nitrogen and oxygen atoms in total. The number of aromatic nitrogens is 2. The van der Waals surface area contributed by atoms with Crippen molar-refractivity contribution in [1.82, 2.24) is 14.9 Å². The number of carbonyl (C=O) groups is 1. The highest BCUT2D eigenvalue weighted by Gasteiger charge is 2.32. The van der Waals surface area contributed by atoms with Gasteiger partial charge in [-0.3, -0.25) is 4.79 Å². The predicted molar refractivity (Wildman–Crippen MR) is 70.4 cm³/mol. The maximum absolute atomic E-state index is 12.5. The minimum Gasteiger partial charge on any atom is -0.345 e. The molecule has 1 saturated carbocycles. The number of fused-ring (bicyclic) bond motifs is 1. The van der Waals surface area contributed by atoms with Crippen molar-refractivity contribution in [3.8, 4) is 6.07 Å². The second kappa shape index (κ2) is 4.73. The van der Waals surface area contributed by atoms with Gasteiger partial charge in [0.15, 0.2) is 0 Å². The SMILES string of the molecule is N#CCCN(C(=O)c1ccc2nc[nH]c2c1)C1CC1. The van der Waals surface area contributed by atoms with Crippen LogP contribution in [0.5, 0.6) is 0 Å². The van der Waals surface area contributed by atoms with E-state index in [0.29, 0.717) is 24.6 Å². The zero-order valence-corrected chi connectivity index (χ0v) is 10.5. The molecule has 0 unspecified atom stereocenters. The molecule has 3 rings (SSSR count). The summed E-state index contributed by atoms with van der Waals surface area (Å²) in [6, 6.07) is 7.89. The zero-order chi connectivity index (χ0) is 13.2. The largest absolute Gasteiger partial charge is 0.345 e. The summed E-state index contributed by atoms with van der Waals surface area (Å²) in [5.74, 6) is 0.00856. The molecule has 19 heavy (non-hydrogen) atoms. The number of aromatic amines is 1. The van der Waals surface area contributed by atoms with Gasteiger partial charge < -0.3 is 9.88 Å². The Kier molecular flexibility index (Phi) is 2.92. The van der Waals surface area contributed by atoms with Crippen LogP contribution >= 0.6 is 0 Å². The predicted octanol–water partition coefficient (Wildman–Crippen LogP) is 2.08. The van der Waals surface area contributed by atoms with Gasteiger partial charge in [-0.2, -0.15) is 5.26 Å². The second-order valence-corrected chi connectivity index (χ2v) is 4.77. The Morgan fingerprint density at radius 2 is 2.37 bits per heavy atom. The number of imidazole rings is 1. The number of carbonyl (C=O) groups excluding carboxylic acids is 1. The number of nitrogens with zero attached hydrogens (tertiary/aromatic N) is 3. The quantitative estimate of drug-likeness (QED) is 0.907. The lowest BCUT2D eigenvalue weighted by atomic mass is 10.1. The minimum atomic E-state index is 0.00856. The second-order valence-electron chi connectivity index (χ2n) is 4.77. The van der Waals surface area contributed by atoms with Crippen LogP contribution in [-0.4, -0.2) is 33.4 Å². The normalized spacial score (nSPS) is 14.3. The number of amides is 1. The molecule has 1 N–H and O–H groups in total. The number of H-pyrrole nitrogens is 1. The first-order chi connectivity index (χ1) is 9.29. The number of hydrogen-bond acceptors (Lipinski definition) is 3. The summed E-state index contributed by atoms with van der Waals surface area (Å²) in [6.45, 7) is 0.515. The highest BCUT2D eigenvalue weighted by molar-refractivity contribution is 5.97. The van der Waals surface area contributed by atoms with Crippen LogP contribution in [-0.2, 0) is 0 Å². The molecule has 0 bridgehead atoms. The van der Waals surface area contributed by atoms with Crippen molar-refractivity contribution in [3.05, 3.63) is 30.1 Å². The van der Waals surface area contributed by atoms with Gasteiger partial charge >= 0.3 is 0 Å². The number of benzene rings is 1. The van der Waals surface area contributed by atoms with Gasteiger partial charge in [-0.1, -0.05) is 0 Å². The number of nitrogens with one attached hydrogen (secondary N) is 1. The highest BCUT2D eigenvalue weighted by atomic mass is 16.2. The highest BCUT2D eigenvalue weighted by Crippen LogP contribution is 2.28. The standard InChI is InChI=1S/C14H14N4O/c15-6-1-7-18(11-3-4-11)14(19)10-2-5-12-13(8-10)17-9-16-12/h2,5,8-9,11H,1,3-4,7H2,(H,16,17). The van der Waals surface area contributed by atoms with Gasteiger partial charge in [-0.05, 0) is 31.0 Å². The number of rotatable bonds is 4. The fourth-order valence-electron chi connectivity index (χ4n) is 2.24. The third-order valence-corrected chi connectivity index (χ3v) is 3.38. The Labute approximate surface area is 110 Å². The average Bonchev–Trinajstić information content (AvgIpc) is 3.15. The molecule has 0 saturated heterocycles. The smallest absolute Gasteiger partial charge is 0.254 e. The first-order valence-corrected chi connectivity index (χ1v) is 6.40. The van der Waals surface area contributed by atoms with Crippen molar-refractivity contribution in [2.24, 2.45) is 0 Å². The molecule has 0 spiro atoms. The van der Waals surface area contributed by atoms with E-state index in [1.165, 1.54) is 0 Å². The van der Waals surface area contributed by atoms with Gasteiger partial charge in [-0.25, -0.2) is 4.98 Å².